The van der Waals surface area contributed by atoms with Gasteiger partial charge in [-0.15, -0.1) is 0 Å². The highest BCUT2D eigenvalue weighted by Crippen LogP contribution is 2.31. The molecule has 0 aliphatic heterocycles. The zero-order valence-electron chi connectivity index (χ0n) is 9.40. The number of benzene rings is 1. The Bertz CT molecular complexity index is 381. The zero-order valence-corrected chi connectivity index (χ0v) is 11.6. The van der Waals surface area contributed by atoms with E-state index in [0.29, 0.717) is 3.58 Å². The fraction of sp³-hybridized carbons (Fsp3) is 0.308. The molecule has 1 unspecified atom stereocenters. The van der Waals surface area contributed by atoms with Crippen molar-refractivity contribution in [3.63, 3.8) is 0 Å². The van der Waals surface area contributed by atoms with E-state index >= 15 is 0 Å². The van der Waals surface area contributed by atoms with Crippen molar-refractivity contribution in [2.75, 3.05) is 0 Å². The molecule has 0 saturated carbocycles. The Labute approximate surface area is 110 Å². The van der Waals surface area contributed by atoms with Gasteiger partial charge >= 0.3 is 0 Å². The Kier molecular flexibility index (Phi) is 4.68. The minimum Gasteiger partial charge on any atom is -0.387 e. The number of hydrogen-bond acceptors (Lipinski definition) is 2. The van der Waals surface area contributed by atoms with Crippen molar-refractivity contribution in [2.24, 2.45) is 5.92 Å². The second-order valence-corrected chi connectivity index (χ2v) is 5.28. The fourth-order valence-electron chi connectivity index (χ4n) is 1.57. The van der Waals surface area contributed by atoms with E-state index in [1.54, 1.807) is 0 Å². The molecule has 0 aliphatic rings. The minimum absolute atomic E-state index is 0.0625. The van der Waals surface area contributed by atoms with Crippen LogP contribution in [0.4, 0.5) is 0 Å². The second-order valence-electron chi connectivity index (χ2n) is 3.89. The number of Topliss-reactive ketones (excluding diaryl/α,β-unsaturated/α-hetero) is 1. The van der Waals surface area contributed by atoms with Gasteiger partial charge < -0.3 is 5.11 Å². The van der Waals surface area contributed by atoms with Crippen molar-refractivity contribution < 1.29 is 9.90 Å². The van der Waals surface area contributed by atoms with E-state index in [9.17, 15) is 9.90 Å². The largest absolute Gasteiger partial charge is 0.387 e. The van der Waals surface area contributed by atoms with Crippen LogP contribution in [0.5, 0.6) is 0 Å². The first-order valence-corrected chi connectivity index (χ1v) is 6.10. The lowest BCUT2D eigenvalue weighted by molar-refractivity contribution is -0.122. The maximum Gasteiger partial charge on any atom is 0.140 e. The summed E-state index contributed by atoms with van der Waals surface area (Å²) in [7, 11) is 0. The van der Waals surface area contributed by atoms with E-state index in [0.717, 1.165) is 11.1 Å². The highest BCUT2D eigenvalue weighted by atomic mass is 127. The lowest BCUT2D eigenvalue weighted by Gasteiger charge is -2.20. The van der Waals surface area contributed by atoms with Gasteiger partial charge in [-0.2, -0.15) is 0 Å². The Morgan fingerprint density at radius 2 is 1.88 bits per heavy atom. The van der Waals surface area contributed by atoms with Crippen molar-refractivity contribution in [2.45, 2.75) is 20.0 Å². The first-order chi connectivity index (χ1) is 7.43. The third-order valence-electron chi connectivity index (χ3n) is 2.51. The van der Waals surface area contributed by atoms with Gasteiger partial charge in [-0.3, -0.25) is 4.79 Å². The fourth-order valence-corrected chi connectivity index (χ4v) is 2.35. The van der Waals surface area contributed by atoms with Gasteiger partial charge in [0.1, 0.15) is 5.78 Å². The summed E-state index contributed by atoms with van der Waals surface area (Å²) in [4.78, 5) is 11.4. The van der Waals surface area contributed by atoms with Crippen LogP contribution >= 0.6 is 22.6 Å². The van der Waals surface area contributed by atoms with Crippen LogP contribution in [0.2, 0.25) is 0 Å². The smallest absolute Gasteiger partial charge is 0.140 e. The van der Waals surface area contributed by atoms with Crippen LogP contribution in [0.1, 0.15) is 24.2 Å². The molecular formula is C13H15IO2. The molecule has 0 aliphatic carbocycles. The summed E-state index contributed by atoms with van der Waals surface area (Å²) >= 11 is 1.99. The summed E-state index contributed by atoms with van der Waals surface area (Å²) in [6.45, 7) is 7.21. The van der Waals surface area contributed by atoms with Crippen LogP contribution < -0.4 is 0 Å². The first kappa shape index (κ1) is 13.4. The van der Waals surface area contributed by atoms with Gasteiger partial charge in [0.25, 0.3) is 0 Å². The quantitative estimate of drug-likeness (QED) is 0.861. The number of aliphatic hydroxyl groups is 1. The molecule has 2 atom stereocenters. The Morgan fingerprint density at radius 1 is 1.38 bits per heavy atom. The average molecular weight is 330 g/mol. The summed E-state index contributed by atoms with van der Waals surface area (Å²) in [6.07, 6.45) is -0.803. The lowest BCUT2D eigenvalue weighted by Crippen LogP contribution is -2.20. The van der Waals surface area contributed by atoms with Gasteiger partial charge in [-0.25, -0.2) is 0 Å². The number of carbonyl (C=O) groups excluding carboxylic acids is 1. The van der Waals surface area contributed by atoms with E-state index in [1.165, 1.54) is 6.92 Å². The molecule has 0 radical (unpaired) electrons. The molecule has 1 N–H and O–H groups in total. The molecule has 1 aromatic carbocycles. The predicted molar refractivity (Wildman–Crippen MR) is 73.5 cm³/mol. The molecule has 0 bridgehead atoms. The minimum atomic E-state index is -0.803. The Hall–Kier alpha value is -0.680. The van der Waals surface area contributed by atoms with E-state index in [4.69, 9.17) is 0 Å². The van der Waals surface area contributed by atoms with Gasteiger partial charge in [0, 0.05) is 0 Å². The van der Waals surface area contributed by atoms with Crippen molar-refractivity contribution in [1.82, 2.24) is 0 Å². The Balaban J connectivity index is 2.99. The first-order valence-electron chi connectivity index (χ1n) is 5.03. The molecule has 0 spiro atoms. The number of carbonyl (C=O) groups is 1. The summed E-state index contributed by atoms with van der Waals surface area (Å²) < 4.78 is 0.665. The zero-order chi connectivity index (χ0) is 12.3. The molecule has 2 nitrogen and oxygen atoms in total. The summed E-state index contributed by atoms with van der Waals surface area (Å²) in [5.41, 5.74) is 1.88. The molecule has 1 rings (SSSR count). The monoisotopic (exact) mass is 330 g/mol. The SMILES string of the molecule is C=C(I)[C@@H](C(C)=O)C(O)c1ccc(C)cc1. The predicted octanol–water partition coefficient (Wildman–Crippen LogP) is 3.18. The summed E-state index contributed by atoms with van der Waals surface area (Å²) in [5.74, 6) is -0.587. The molecule has 16 heavy (non-hydrogen) atoms. The highest BCUT2D eigenvalue weighted by molar-refractivity contribution is 14.1. The normalized spacial score (nSPS) is 14.2. The highest BCUT2D eigenvalue weighted by Gasteiger charge is 2.26. The third-order valence-corrected chi connectivity index (χ3v) is 3.18. The number of aryl methyl sites for hydroxylation is 1. The molecule has 0 heterocycles. The number of rotatable bonds is 4. The molecule has 1 aromatic rings. The van der Waals surface area contributed by atoms with Crippen LogP contribution in [-0.2, 0) is 4.79 Å². The average Bonchev–Trinajstić information content (AvgIpc) is 2.17. The van der Waals surface area contributed by atoms with E-state index in [1.807, 2.05) is 53.8 Å². The second kappa shape index (κ2) is 5.59. The molecule has 0 saturated heterocycles. The van der Waals surface area contributed by atoms with Crippen molar-refractivity contribution in [3.05, 3.63) is 45.6 Å². The molecule has 0 amide bonds. The van der Waals surface area contributed by atoms with Crippen LogP contribution in [0, 0.1) is 12.8 Å². The van der Waals surface area contributed by atoms with Gasteiger partial charge in [-0.05, 0) is 45.6 Å². The maximum absolute atomic E-state index is 11.4. The van der Waals surface area contributed by atoms with Crippen molar-refractivity contribution in [1.29, 1.82) is 0 Å². The number of halogens is 1. The molecule has 3 heteroatoms. The van der Waals surface area contributed by atoms with Gasteiger partial charge in [0.15, 0.2) is 0 Å². The van der Waals surface area contributed by atoms with Crippen LogP contribution in [-0.4, -0.2) is 10.9 Å². The van der Waals surface area contributed by atoms with Crippen LogP contribution in [0.3, 0.4) is 0 Å². The lowest BCUT2D eigenvalue weighted by atomic mass is 9.92. The van der Waals surface area contributed by atoms with Gasteiger partial charge in [0.2, 0.25) is 0 Å². The summed E-state index contributed by atoms with van der Waals surface area (Å²) in [5, 5.41) is 10.1. The van der Waals surface area contributed by atoms with Gasteiger partial charge in [-0.1, -0.05) is 36.4 Å². The molecule has 0 fully saturated rings. The topological polar surface area (TPSA) is 37.3 Å². The number of aliphatic hydroxyl groups excluding tert-OH is 1. The van der Waals surface area contributed by atoms with E-state index in [2.05, 4.69) is 6.58 Å². The molecular weight excluding hydrogens is 315 g/mol. The number of ketones is 1. The molecule has 0 aromatic heterocycles. The molecule has 86 valence electrons. The van der Waals surface area contributed by atoms with Crippen LogP contribution in [0.25, 0.3) is 0 Å². The van der Waals surface area contributed by atoms with E-state index < -0.39 is 12.0 Å². The Morgan fingerprint density at radius 3 is 2.25 bits per heavy atom. The number of hydrogen-bond donors (Lipinski definition) is 1. The standard InChI is InChI=1S/C13H15IO2/c1-8-4-6-11(7-5-8)13(16)12(9(2)14)10(3)15/h4-7,12-13,16H,2H2,1,3H3/t12-,13?/m0/s1. The maximum atomic E-state index is 11.4. The van der Waals surface area contributed by atoms with E-state index in [-0.39, 0.29) is 5.78 Å². The van der Waals surface area contributed by atoms with Gasteiger partial charge in [0.05, 0.1) is 12.0 Å². The van der Waals surface area contributed by atoms with Crippen LogP contribution in [0.15, 0.2) is 34.4 Å². The van der Waals surface area contributed by atoms with Crippen molar-refractivity contribution >= 4 is 28.4 Å². The summed E-state index contributed by atoms with van der Waals surface area (Å²) in [6, 6.07) is 7.53. The third kappa shape index (κ3) is 3.15. The van der Waals surface area contributed by atoms with Crippen molar-refractivity contribution in [3.8, 4) is 0 Å².